The summed E-state index contributed by atoms with van der Waals surface area (Å²) < 4.78 is 32.8. The van der Waals surface area contributed by atoms with Crippen molar-refractivity contribution in [2.45, 2.75) is 44.7 Å². The first-order valence-electron chi connectivity index (χ1n) is 8.73. The van der Waals surface area contributed by atoms with Crippen LogP contribution in [-0.4, -0.2) is 26.1 Å². The van der Waals surface area contributed by atoms with Crippen molar-refractivity contribution < 1.29 is 17.9 Å². The number of hydrogen-bond donors (Lipinski definition) is 2. The van der Waals surface area contributed by atoms with Gasteiger partial charge in [0.15, 0.2) is 0 Å². The van der Waals surface area contributed by atoms with Gasteiger partial charge in [0.1, 0.15) is 5.60 Å². The Labute approximate surface area is 165 Å². The molecule has 0 bridgehead atoms. The predicted molar refractivity (Wildman–Crippen MR) is 108 cm³/mol. The fourth-order valence-electron chi connectivity index (χ4n) is 2.15. The van der Waals surface area contributed by atoms with Gasteiger partial charge >= 0.3 is 6.09 Å². The third-order valence-electron chi connectivity index (χ3n) is 3.44. The van der Waals surface area contributed by atoms with Gasteiger partial charge in [-0.05, 0) is 45.4 Å². The number of nitrogens with zero attached hydrogens (tertiary/aromatic N) is 1. The lowest BCUT2D eigenvalue weighted by Crippen LogP contribution is -2.45. The fraction of sp³-hybridized carbons (Fsp3) is 0.300. The van der Waals surface area contributed by atoms with Gasteiger partial charge in [-0.15, -0.1) is 0 Å². The van der Waals surface area contributed by atoms with Gasteiger partial charge in [0.2, 0.25) is 5.96 Å². The third kappa shape index (κ3) is 7.03. The lowest BCUT2D eigenvalue weighted by molar-refractivity contribution is 0.0562. The molecule has 2 aromatic carbocycles. The van der Waals surface area contributed by atoms with Crippen LogP contribution in [0.25, 0.3) is 0 Å². The van der Waals surface area contributed by atoms with Crippen molar-refractivity contribution in [2.24, 2.45) is 4.99 Å². The quantitative estimate of drug-likeness (QED) is 0.604. The second-order valence-corrected chi connectivity index (χ2v) is 8.88. The molecule has 0 heterocycles. The van der Waals surface area contributed by atoms with Crippen LogP contribution in [0, 0.1) is 6.92 Å². The maximum absolute atomic E-state index is 12.6. The molecule has 2 aromatic rings. The second kappa shape index (κ2) is 8.88. The molecule has 2 rings (SSSR count). The monoisotopic (exact) mass is 403 g/mol. The number of hydrogen-bond acceptors (Lipinski definition) is 5. The number of aryl methyl sites for hydroxylation is 1. The van der Waals surface area contributed by atoms with Crippen LogP contribution in [0.5, 0.6) is 0 Å². The number of amides is 1. The molecule has 0 aromatic heterocycles. The molecule has 0 saturated heterocycles. The summed E-state index contributed by atoms with van der Waals surface area (Å²) in [5.74, 6) is -0.210. The number of carbonyl (C=O) groups excluding carboxylic acids is 1. The smallest absolute Gasteiger partial charge is 0.414 e. The van der Waals surface area contributed by atoms with Gasteiger partial charge in [-0.25, -0.2) is 22.9 Å². The number of benzene rings is 2. The highest BCUT2D eigenvalue weighted by atomic mass is 32.2. The molecule has 0 unspecified atom stereocenters. The van der Waals surface area contributed by atoms with Crippen LogP contribution in [-0.2, 0) is 21.3 Å². The van der Waals surface area contributed by atoms with Crippen LogP contribution < -0.4 is 10.0 Å². The molecule has 0 aliphatic rings. The van der Waals surface area contributed by atoms with Gasteiger partial charge < -0.3 is 4.74 Å². The number of nitrogens with one attached hydrogen (secondary N) is 2. The number of ether oxygens (including phenoxy) is 1. The lowest BCUT2D eigenvalue weighted by Gasteiger charge is -2.20. The van der Waals surface area contributed by atoms with Gasteiger partial charge in [-0.2, -0.15) is 0 Å². The highest BCUT2D eigenvalue weighted by Crippen LogP contribution is 2.10. The summed E-state index contributed by atoms with van der Waals surface area (Å²) >= 11 is 0. The van der Waals surface area contributed by atoms with Crippen molar-refractivity contribution in [1.29, 1.82) is 0 Å². The molecule has 150 valence electrons. The van der Waals surface area contributed by atoms with Crippen molar-refractivity contribution in [3.8, 4) is 0 Å². The Morgan fingerprint density at radius 2 is 1.64 bits per heavy atom. The van der Waals surface area contributed by atoms with E-state index in [4.69, 9.17) is 4.74 Å². The van der Waals surface area contributed by atoms with E-state index in [0.29, 0.717) is 0 Å². The average Bonchev–Trinajstić information content (AvgIpc) is 2.59. The van der Waals surface area contributed by atoms with E-state index in [1.807, 2.05) is 37.3 Å². The molecule has 0 atom stereocenters. The Balaban J connectivity index is 2.23. The van der Waals surface area contributed by atoms with Gasteiger partial charge in [-0.3, -0.25) is 5.32 Å². The lowest BCUT2D eigenvalue weighted by atomic mass is 10.2. The molecule has 1 amide bonds. The van der Waals surface area contributed by atoms with E-state index in [1.54, 1.807) is 32.9 Å². The van der Waals surface area contributed by atoms with Gasteiger partial charge in [0.25, 0.3) is 10.0 Å². The van der Waals surface area contributed by atoms with Crippen molar-refractivity contribution in [2.75, 3.05) is 0 Å². The molecule has 0 saturated carbocycles. The third-order valence-corrected chi connectivity index (χ3v) is 4.80. The van der Waals surface area contributed by atoms with E-state index < -0.39 is 21.7 Å². The summed E-state index contributed by atoms with van der Waals surface area (Å²) in [5, 5.41) is 2.38. The van der Waals surface area contributed by atoms with Gasteiger partial charge in [0, 0.05) is 0 Å². The number of sulfonamides is 1. The van der Waals surface area contributed by atoms with E-state index >= 15 is 0 Å². The fourth-order valence-corrected chi connectivity index (χ4v) is 3.14. The zero-order valence-electron chi connectivity index (χ0n) is 16.4. The molecular formula is C20H25N3O4S. The minimum Gasteiger partial charge on any atom is -0.444 e. The standard InChI is InChI=1S/C20H25N3O4S/c1-15-10-12-17(13-11-15)28(25,26)23-18(22-19(24)27-20(2,3)4)21-14-16-8-6-5-7-9-16/h5-13H,14H2,1-4H3,(H2,21,22,23,24). The van der Waals surface area contributed by atoms with Crippen molar-refractivity contribution >= 4 is 22.1 Å². The topological polar surface area (TPSA) is 96.9 Å². The molecular weight excluding hydrogens is 378 g/mol. The molecule has 0 spiro atoms. The summed E-state index contributed by atoms with van der Waals surface area (Å²) in [6.45, 7) is 7.18. The van der Waals surface area contributed by atoms with Crippen molar-refractivity contribution in [3.05, 3.63) is 65.7 Å². The maximum Gasteiger partial charge on any atom is 0.414 e. The largest absolute Gasteiger partial charge is 0.444 e. The number of carbonyl (C=O) groups is 1. The highest BCUT2D eigenvalue weighted by Gasteiger charge is 2.21. The zero-order chi connectivity index (χ0) is 20.8. The summed E-state index contributed by atoms with van der Waals surface area (Å²) in [6.07, 6.45) is -0.800. The van der Waals surface area contributed by atoms with Crippen molar-refractivity contribution in [1.82, 2.24) is 10.0 Å². The summed E-state index contributed by atoms with van der Waals surface area (Å²) in [4.78, 5) is 16.4. The molecule has 0 radical (unpaired) electrons. The Bertz CT molecular complexity index is 932. The van der Waals surface area contributed by atoms with Gasteiger partial charge in [-0.1, -0.05) is 48.0 Å². The number of rotatable bonds is 4. The molecule has 8 heteroatoms. The Kier molecular flexibility index (Phi) is 6.80. The number of alkyl carbamates (subject to hydrolysis) is 1. The minimum atomic E-state index is -3.92. The summed E-state index contributed by atoms with van der Waals surface area (Å²) in [7, 11) is -3.92. The van der Waals surface area contributed by atoms with E-state index in [-0.39, 0.29) is 17.4 Å². The van der Waals surface area contributed by atoms with E-state index in [0.717, 1.165) is 11.1 Å². The zero-order valence-corrected chi connectivity index (χ0v) is 17.2. The Morgan fingerprint density at radius 1 is 1.04 bits per heavy atom. The molecule has 7 nitrogen and oxygen atoms in total. The SMILES string of the molecule is Cc1ccc(S(=O)(=O)NC(=NCc2ccccc2)NC(=O)OC(C)(C)C)cc1. The first-order chi connectivity index (χ1) is 13.0. The van der Waals surface area contributed by atoms with Crippen LogP contribution in [0.2, 0.25) is 0 Å². The van der Waals surface area contributed by atoms with Crippen molar-refractivity contribution in [3.63, 3.8) is 0 Å². The van der Waals surface area contributed by atoms with Crippen LogP contribution in [0.3, 0.4) is 0 Å². The first-order valence-corrected chi connectivity index (χ1v) is 10.2. The normalized spacial score (nSPS) is 12.4. The molecule has 0 aliphatic carbocycles. The Morgan fingerprint density at radius 3 is 2.21 bits per heavy atom. The molecule has 2 N–H and O–H groups in total. The highest BCUT2D eigenvalue weighted by molar-refractivity contribution is 7.90. The molecule has 28 heavy (non-hydrogen) atoms. The summed E-state index contributed by atoms with van der Waals surface area (Å²) in [5.41, 5.74) is 1.06. The van der Waals surface area contributed by atoms with Gasteiger partial charge in [0.05, 0.1) is 11.4 Å². The maximum atomic E-state index is 12.6. The summed E-state index contributed by atoms with van der Waals surface area (Å²) in [6, 6.07) is 15.6. The second-order valence-electron chi connectivity index (χ2n) is 7.20. The Hall–Kier alpha value is -2.87. The van der Waals surface area contributed by atoms with E-state index in [1.165, 1.54) is 12.1 Å². The number of aliphatic imine (C=N–C) groups is 1. The first kappa shape index (κ1) is 21.4. The van der Waals surface area contributed by atoms with Crippen LogP contribution in [0.15, 0.2) is 64.5 Å². The molecule has 0 fully saturated rings. The van der Waals surface area contributed by atoms with Crippen LogP contribution >= 0.6 is 0 Å². The predicted octanol–water partition coefficient (Wildman–Crippen LogP) is 3.35. The van der Waals surface area contributed by atoms with Crippen LogP contribution in [0.4, 0.5) is 4.79 Å². The van der Waals surface area contributed by atoms with E-state index in [9.17, 15) is 13.2 Å². The van der Waals surface area contributed by atoms with E-state index in [2.05, 4.69) is 15.0 Å². The van der Waals surface area contributed by atoms with Crippen LogP contribution in [0.1, 0.15) is 31.9 Å². The minimum absolute atomic E-state index is 0.0662. The number of guanidine groups is 1. The molecule has 0 aliphatic heterocycles. The average molecular weight is 404 g/mol.